The van der Waals surface area contributed by atoms with E-state index in [2.05, 4.69) is 5.32 Å². The summed E-state index contributed by atoms with van der Waals surface area (Å²) in [4.78, 5) is 25.5. The number of aliphatic hydroxyl groups is 1. The van der Waals surface area contributed by atoms with Gasteiger partial charge in [0.2, 0.25) is 5.60 Å². The number of anilines is 1. The van der Waals surface area contributed by atoms with Gasteiger partial charge in [0.1, 0.15) is 0 Å². The van der Waals surface area contributed by atoms with E-state index in [0.29, 0.717) is 5.69 Å². The maximum Gasteiger partial charge on any atom is 0.345 e. The van der Waals surface area contributed by atoms with E-state index in [1.54, 1.807) is 49.4 Å². The molecule has 0 unspecified atom stereocenters. The van der Waals surface area contributed by atoms with Gasteiger partial charge in [-0.2, -0.15) is 0 Å². The second-order valence-electron chi connectivity index (χ2n) is 6.34. The van der Waals surface area contributed by atoms with Crippen LogP contribution >= 0.6 is 0 Å². The number of benzene rings is 2. The van der Waals surface area contributed by atoms with Gasteiger partial charge >= 0.3 is 11.9 Å². The number of rotatable bonds is 8. The molecule has 2 rings (SSSR count). The Morgan fingerprint density at radius 3 is 2.14 bits per heavy atom. The number of hydrogen-bond donors (Lipinski definition) is 2. The largest absolute Gasteiger partial charge is 0.467 e. The second kappa shape index (κ2) is 9.19. The van der Waals surface area contributed by atoms with Crippen molar-refractivity contribution in [2.45, 2.75) is 25.0 Å². The maximum absolute atomic E-state index is 12.9. The lowest BCUT2D eigenvalue weighted by molar-refractivity contribution is -0.172. The molecule has 0 radical (unpaired) electrons. The summed E-state index contributed by atoms with van der Waals surface area (Å²) in [5, 5.41) is 14.3. The van der Waals surface area contributed by atoms with Crippen molar-refractivity contribution >= 4 is 23.7 Å². The predicted molar refractivity (Wildman–Crippen MR) is 108 cm³/mol. The minimum atomic E-state index is -2.33. The molecule has 148 valence electrons. The molecule has 2 N–H and O–H groups in total. The van der Waals surface area contributed by atoms with Crippen LogP contribution in [-0.4, -0.2) is 41.9 Å². The van der Waals surface area contributed by atoms with Crippen LogP contribution in [0.25, 0.3) is 6.08 Å². The molecule has 2 atom stereocenters. The van der Waals surface area contributed by atoms with E-state index in [1.165, 1.54) is 13.0 Å². The summed E-state index contributed by atoms with van der Waals surface area (Å²) in [7, 11) is 1.15. The molecular weight excluding hydrogens is 358 g/mol. The van der Waals surface area contributed by atoms with Crippen molar-refractivity contribution < 1.29 is 24.2 Å². The standard InChI is InChI=1S/C22H25NO5/c1-4-28-19(24)21(2,23-18-13-9-6-10-14-18)22(26,20(25)27-3)16-15-17-11-7-5-8-12-17/h5-16,23,26H,4H2,1-3H3/b16-15+/t21-,22+/m1/s1. The first-order valence-electron chi connectivity index (χ1n) is 8.93. The molecule has 0 aliphatic carbocycles. The molecule has 0 bridgehead atoms. The lowest BCUT2D eigenvalue weighted by Crippen LogP contribution is -2.66. The van der Waals surface area contributed by atoms with E-state index in [9.17, 15) is 14.7 Å². The molecule has 2 aromatic carbocycles. The Kier molecular flexibility index (Phi) is 6.95. The molecule has 6 nitrogen and oxygen atoms in total. The normalized spacial score (nSPS) is 15.3. The topological polar surface area (TPSA) is 84.9 Å². The van der Waals surface area contributed by atoms with E-state index in [4.69, 9.17) is 9.47 Å². The van der Waals surface area contributed by atoms with Gasteiger partial charge in [0.05, 0.1) is 13.7 Å². The van der Waals surface area contributed by atoms with Gasteiger partial charge in [-0.05, 0) is 37.6 Å². The molecule has 0 saturated carbocycles. The predicted octanol–water partition coefficient (Wildman–Crippen LogP) is 3.04. The number of esters is 2. The third kappa shape index (κ3) is 4.40. The summed E-state index contributed by atoms with van der Waals surface area (Å²) in [6, 6.07) is 17.9. The summed E-state index contributed by atoms with van der Waals surface area (Å²) in [5.41, 5.74) is -2.90. The quantitative estimate of drug-likeness (QED) is 0.682. The average Bonchev–Trinajstić information content (AvgIpc) is 2.72. The Balaban J connectivity index is 2.56. The first-order chi connectivity index (χ1) is 13.4. The Hall–Kier alpha value is -3.12. The van der Waals surface area contributed by atoms with Crippen molar-refractivity contribution in [2.24, 2.45) is 0 Å². The summed E-state index contributed by atoms with van der Waals surface area (Å²) >= 11 is 0. The minimum absolute atomic E-state index is 0.0878. The van der Waals surface area contributed by atoms with Gasteiger partial charge in [-0.3, -0.25) is 0 Å². The number of carbonyl (C=O) groups excluding carboxylic acids is 2. The van der Waals surface area contributed by atoms with Crippen LogP contribution in [0.5, 0.6) is 0 Å². The molecule has 0 saturated heterocycles. The van der Waals surface area contributed by atoms with Crippen molar-refractivity contribution in [1.29, 1.82) is 0 Å². The Labute approximate surface area is 164 Å². The monoisotopic (exact) mass is 383 g/mol. The van der Waals surface area contributed by atoms with Crippen LogP contribution in [-0.2, 0) is 19.1 Å². The fraction of sp³-hybridized carbons (Fsp3) is 0.273. The maximum atomic E-state index is 12.9. The molecule has 6 heteroatoms. The molecule has 0 fully saturated rings. The molecule has 0 aliphatic heterocycles. The highest BCUT2D eigenvalue weighted by Crippen LogP contribution is 2.32. The highest BCUT2D eigenvalue weighted by molar-refractivity contribution is 5.98. The Bertz CT molecular complexity index is 821. The van der Waals surface area contributed by atoms with Crippen LogP contribution in [0.15, 0.2) is 66.7 Å². The lowest BCUT2D eigenvalue weighted by atomic mass is 9.79. The number of ether oxygens (including phenoxy) is 2. The van der Waals surface area contributed by atoms with Crippen molar-refractivity contribution in [3.63, 3.8) is 0 Å². The summed E-state index contributed by atoms with van der Waals surface area (Å²) in [5.74, 6) is -1.77. The zero-order chi connectivity index (χ0) is 20.6. The molecular formula is C22H25NO5. The fourth-order valence-electron chi connectivity index (χ4n) is 2.76. The number of hydrogen-bond acceptors (Lipinski definition) is 6. The molecule has 0 aliphatic rings. The molecule has 0 aromatic heterocycles. The number of para-hydroxylation sites is 1. The molecule has 0 amide bonds. The zero-order valence-corrected chi connectivity index (χ0v) is 16.2. The number of nitrogens with one attached hydrogen (secondary N) is 1. The van der Waals surface area contributed by atoms with Gasteiger partial charge in [0.25, 0.3) is 0 Å². The fourth-order valence-corrected chi connectivity index (χ4v) is 2.76. The second-order valence-corrected chi connectivity index (χ2v) is 6.34. The third-order valence-electron chi connectivity index (χ3n) is 4.43. The minimum Gasteiger partial charge on any atom is -0.467 e. The van der Waals surface area contributed by atoms with E-state index in [0.717, 1.165) is 12.7 Å². The zero-order valence-electron chi connectivity index (χ0n) is 16.2. The van der Waals surface area contributed by atoms with Crippen molar-refractivity contribution in [3.05, 3.63) is 72.3 Å². The highest BCUT2D eigenvalue weighted by atomic mass is 16.6. The number of methoxy groups -OCH3 is 1. The van der Waals surface area contributed by atoms with Crippen LogP contribution in [0.1, 0.15) is 19.4 Å². The third-order valence-corrected chi connectivity index (χ3v) is 4.43. The van der Waals surface area contributed by atoms with E-state index >= 15 is 0 Å². The Morgan fingerprint density at radius 2 is 1.61 bits per heavy atom. The molecule has 28 heavy (non-hydrogen) atoms. The van der Waals surface area contributed by atoms with Crippen LogP contribution in [0.3, 0.4) is 0 Å². The van der Waals surface area contributed by atoms with Crippen molar-refractivity contribution in [3.8, 4) is 0 Å². The summed E-state index contributed by atoms with van der Waals surface area (Å²) < 4.78 is 10.00. The van der Waals surface area contributed by atoms with Crippen LogP contribution in [0.4, 0.5) is 5.69 Å². The number of carbonyl (C=O) groups is 2. The van der Waals surface area contributed by atoms with Gasteiger partial charge in [0.15, 0.2) is 5.54 Å². The molecule has 0 heterocycles. The summed E-state index contributed by atoms with van der Waals surface area (Å²) in [6.07, 6.45) is 2.81. The van der Waals surface area contributed by atoms with Crippen molar-refractivity contribution in [1.82, 2.24) is 0 Å². The molecule has 0 spiro atoms. The van der Waals surface area contributed by atoms with Crippen LogP contribution in [0, 0.1) is 0 Å². The van der Waals surface area contributed by atoms with E-state index < -0.39 is 23.1 Å². The van der Waals surface area contributed by atoms with Crippen LogP contribution in [0.2, 0.25) is 0 Å². The smallest absolute Gasteiger partial charge is 0.345 e. The highest BCUT2D eigenvalue weighted by Gasteiger charge is 2.58. The van der Waals surface area contributed by atoms with Gasteiger partial charge in [-0.15, -0.1) is 0 Å². The lowest BCUT2D eigenvalue weighted by Gasteiger charge is -2.40. The first kappa shape index (κ1) is 21.2. The van der Waals surface area contributed by atoms with Gasteiger partial charge < -0.3 is 19.9 Å². The molecule has 2 aromatic rings. The average molecular weight is 383 g/mol. The van der Waals surface area contributed by atoms with Gasteiger partial charge in [0, 0.05) is 5.69 Å². The summed E-state index contributed by atoms with van der Waals surface area (Å²) in [6.45, 7) is 3.15. The van der Waals surface area contributed by atoms with E-state index in [-0.39, 0.29) is 6.61 Å². The van der Waals surface area contributed by atoms with E-state index in [1.807, 2.05) is 24.3 Å². The Morgan fingerprint density at radius 1 is 1.04 bits per heavy atom. The SMILES string of the molecule is CCOC(=O)[C@@](C)(Nc1ccccc1)[C@](O)(/C=C/c1ccccc1)C(=O)OC. The van der Waals surface area contributed by atoms with Gasteiger partial charge in [-0.25, -0.2) is 9.59 Å². The van der Waals surface area contributed by atoms with Gasteiger partial charge in [-0.1, -0.05) is 54.6 Å². The first-order valence-corrected chi connectivity index (χ1v) is 8.93. The van der Waals surface area contributed by atoms with Crippen molar-refractivity contribution in [2.75, 3.05) is 19.0 Å². The van der Waals surface area contributed by atoms with Crippen LogP contribution < -0.4 is 5.32 Å².